The number of thiocarbonyl (C=S) groups is 1. The third-order valence-corrected chi connectivity index (χ3v) is 5.38. The number of aliphatic hydroxyl groups excluding tert-OH is 1. The van der Waals surface area contributed by atoms with Crippen LogP contribution in [0.1, 0.15) is 5.56 Å². The standard InChI is InChI=1S/C18H18N4O3S2/c1-3-7-22-17(25)13(27-18(22)26)11-12-15(20(2)9-10-23)19-14-6-4-5-8-21(14)16(12)24/h3-6,8,11,23H,1,7,9-10H2,2H3. The molecule has 2 aromatic rings. The SMILES string of the molecule is C=CCN1C(=O)C(=Cc2c(N(C)CCO)nc3ccccn3c2=O)SC1=S. The fourth-order valence-corrected chi connectivity index (χ4v) is 3.94. The van der Waals surface area contributed by atoms with Crippen molar-refractivity contribution in [3.8, 4) is 0 Å². The van der Waals surface area contributed by atoms with E-state index in [-0.39, 0.29) is 23.6 Å². The Morgan fingerprint density at radius 2 is 2.19 bits per heavy atom. The Labute approximate surface area is 165 Å². The average Bonchev–Trinajstić information content (AvgIpc) is 2.92. The second kappa shape index (κ2) is 8.03. The molecule has 3 heterocycles. The van der Waals surface area contributed by atoms with Crippen LogP contribution in [0.25, 0.3) is 11.7 Å². The molecule has 1 amide bonds. The minimum absolute atomic E-state index is 0.0900. The first kappa shape index (κ1) is 19.3. The minimum atomic E-state index is -0.297. The third kappa shape index (κ3) is 3.66. The highest BCUT2D eigenvalue weighted by atomic mass is 32.2. The number of carbonyl (C=O) groups excluding carboxylic acids is 1. The Balaban J connectivity index is 2.18. The van der Waals surface area contributed by atoms with Gasteiger partial charge in [0.05, 0.1) is 17.1 Å². The van der Waals surface area contributed by atoms with E-state index in [1.165, 1.54) is 15.4 Å². The summed E-state index contributed by atoms with van der Waals surface area (Å²) in [4.78, 5) is 33.7. The summed E-state index contributed by atoms with van der Waals surface area (Å²) in [5.74, 6) is 0.132. The number of likely N-dealkylation sites (N-methyl/N-ethyl adjacent to an activating group) is 1. The van der Waals surface area contributed by atoms with Crippen LogP contribution in [-0.2, 0) is 4.79 Å². The number of rotatable bonds is 6. The van der Waals surface area contributed by atoms with E-state index in [0.717, 1.165) is 11.8 Å². The molecule has 140 valence electrons. The van der Waals surface area contributed by atoms with E-state index in [4.69, 9.17) is 12.2 Å². The van der Waals surface area contributed by atoms with Crippen LogP contribution >= 0.6 is 24.0 Å². The van der Waals surface area contributed by atoms with Crippen molar-refractivity contribution in [1.82, 2.24) is 14.3 Å². The van der Waals surface area contributed by atoms with Crippen molar-refractivity contribution in [2.75, 3.05) is 31.6 Å². The predicted molar refractivity (Wildman–Crippen MR) is 112 cm³/mol. The van der Waals surface area contributed by atoms with E-state index in [0.29, 0.717) is 33.8 Å². The maximum atomic E-state index is 13.0. The molecule has 1 aliphatic rings. The molecule has 1 N–H and O–H groups in total. The first-order valence-electron chi connectivity index (χ1n) is 8.17. The van der Waals surface area contributed by atoms with E-state index in [1.54, 1.807) is 42.4 Å². The molecule has 0 aromatic carbocycles. The summed E-state index contributed by atoms with van der Waals surface area (Å²) in [7, 11) is 1.73. The number of aromatic nitrogens is 2. The zero-order valence-corrected chi connectivity index (χ0v) is 16.3. The van der Waals surface area contributed by atoms with Crippen molar-refractivity contribution in [1.29, 1.82) is 0 Å². The number of fused-ring (bicyclic) bond motifs is 1. The fraction of sp³-hybridized carbons (Fsp3) is 0.222. The Morgan fingerprint density at radius 1 is 1.41 bits per heavy atom. The van der Waals surface area contributed by atoms with Gasteiger partial charge in [-0.25, -0.2) is 4.98 Å². The third-order valence-electron chi connectivity index (χ3n) is 4.01. The van der Waals surface area contributed by atoms with Crippen LogP contribution in [0, 0.1) is 0 Å². The van der Waals surface area contributed by atoms with Crippen molar-refractivity contribution in [3.63, 3.8) is 0 Å². The second-order valence-corrected chi connectivity index (χ2v) is 7.48. The number of pyridine rings is 1. The number of thioether (sulfide) groups is 1. The van der Waals surface area contributed by atoms with Crippen LogP contribution < -0.4 is 10.5 Å². The summed E-state index contributed by atoms with van der Waals surface area (Å²) in [5.41, 5.74) is 0.460. The quantitative estimate of drug-likeness (QED) is 0.446. The molecule has 0 aliphatic carbocycles. The van der Waals surface area contributed by atoms with Gasteiger partial charge in [0.1, 0.15) is 15.8 Å². The van der Waals surface area contributed by atoms with Gasteiger partial charge in [-0.1, -0.05) is 36.1 Å². The summed E-state index contributed by atoms with van der Waals surface area (Å²) in [6, 6.07) is 5.25. The Hall–Kier alpha value is -2.49. The van der Waals surface area contributed by atoms with E-state index in [2.05, 4.69) is 11.6 Å². The number of anilines is 1. The first-order valence-corrected chi connectivity index (χ1v) is 9.40. The zero-order chi connectivity index (χ0) is 19.6. The number of hydrogen-bond acceptors (Lipinski definition) is 7. The summed E-state index contributed by atoms with van der Waals surface area (Å²) in [6.07, 6.45) is 4.75. The van der Waals surface area contributed by atoms with Crippen LogP contribution in [0.3, 0.4) is 0 Å². The van der Waals surface area contributed by atoms with Gasteiger partial charge in [0.15, 0.2) is 0 Å². The Kier molecular flexibility index (Phi) is 5.73. The monoisotopic (exact) mass is 402 g/mol. The molecule has 0 saturated carbocycles. The summed E-state index contributed by atoms with van der Waals surface area (Å²) < 4.78 is 1.84. The zero-order valence-electron chi connectivity index (χ0n) is 14.7. The summed E-state index contributed by atoms with van der Waals surface area (Å²) in [5, 5.41) is 9.27. The number of nitrogens with zero attached hydrogens (tertiary/aromatic N) is 4. The molecule has 3 rings (SSSR count). The van der Waals surface area contributed by atoms with Gasteiger partial charge < -0.3 is 10.0 Å². The van der Waals surface area contributed by atoms with Crippen molar-refractivity contribution < 1.29 is 9.90 Å². The van der Waals surface area contributed by atoms with Gasteiger partial charge in [-0.05, 0) is 18.2 Å². The first-order chi connectivity index (χ1) is 13.0. The van der Waals surface area contributed by atoms with Crippen molar-refractivity contribution in [2.24, 2.45) is 0 Å². The normalized spacial score (nSPS) is 15.8. The maximum absolute atomic E-state index is 13.0. The molecular formula is C18H18N4O3S2. The van der Waals surface area contributed by atoms with E-state index in [9.17, 15) is 14.7 Å². The smallest absolute Gasteiger partial charge is 0.267 e. The van der Waals surface area contributed by atoms with Crippen LogP contribution in [0.2, 0.25) is 0 Å². The molecule has 9 heteroatoms. The highest BCUT2D eigenvalue weighted by molar-refractivity contribution is 8.26. The van der Waals surface area contributed by atoms with Crippen molar-refractivity contribution in [2.45, 2.75) is 0 Å². The molecule has 0 bridgehead atoms. The van der Waals surface area contributed by atoms with Gasteiger partial charge in [-0.2, -0.15) is 0 Å². The van der Waals surface area contributed by atoms with E-state index >= 15 is 0 Å². The fourth-order valence-electron chi connectivity index (χ4n) is 2.68. The van der Waals surface area contributed by atoms with Gasteiger partial charge in [0.25, 0.3) is 11.5 Å². The Bertz CT molecular complexity index is 1020. The highest BCUT2D eigenvalue weighted by Gasteiger charge is 2.32. The molecule has 0 atom stereocenters. The minimum Gasteiger partial charge on any atom is -0.395 e. The second-order valence-electron chi connectivity index (χ2n) is 5.81. The molecule has 0 spiro atoms. The molecule has 1 saturated heterocycles. The largest absolute Gasteiger partial charge is 0.395 e. The van der Waals surface area contributed by atoms with Crippen molar-refractivity contribution in [3.05, 3.63) is 57.9 Å². The topological polar surface area (TPSA) is 78.2 Å². The van der Waals surface area contributed by atoms with Gasteiger partial charge in [-0.3, -0.25) is 18.9 Å². The van der Waals surface area contributed by atoms with Gasteiger partial charge in [-0.15, -0.1) is 6.58 Å². The maximum Gasteiger partial charge on any atom is 0.267 e. The van der Waals surface area contributed by atoms with Crippen LogP contribution in [0.4, 0.5) is 5.82 Å². The summed E-state index contributed by atoms with van der Waals surface area (Å²) >= 11 is 6.39. The Morgan fingerprint density at radius 3 is 2.89 bits per heavy atom. The number of hydrogen-bond donors (Lipinski definition) is 1. The lowest BCUT2D eigenvalue weighted by molar-refractivity contribution is -0.121. The highest BCUT2D eigenvalue weighted by Crippen LogP contribution is 2.33. The van der Waals surface area contributed by atoms with E-state index < -0.39 is 0 Å². The van der Waals surface area contributed by atoms with E-state index in [1.807, 2.05) is 0 Å². The number of carbonyl (C=O) groups is 1. The molecule has 1 aliphatic heterocycles. The summed E-state index contributed by atoms with van der Waals surface area (Å²) in [6.45, 7) is 4.16. The predicted octanol–water partition coefficient (Wildman–Crippen LogP) is 1.51. The molecule has 2 aromatic heterocycles. The van der Waals surface area contributed by atoms with Crippen LogP contribution in [-0.4, -0.2) is 56.4 Å². The molecule has 0 radical (unpaired) electrons. The molecule has 1 fully saturated rings. The lowest BCUT2D eigenvalue weighted by Gasteiger charge is -2.19. The molecule has 7 nitrogen and oxygen atoms in total. The lowest BCUT2D eigenvalue weighted by Crippen LogP contribution is -2.29. The number of amides is 1. The number of aliphatic hydroxyl groups is 1. The van der Waals surface area contributed by atoms with Gasteiger partial charge >= 0.3 is 0 Å². The molecule has 0 unspecified atom stereocenters. The van der Waals surface area contributed by atoms with Crippen LogP contribution in [0.15, 0.2) is 46.8 Å². The molecular weight excluding hydrogens is 384 g/mol. The van der Waals surface area contributed by atoms with Gasteiger partial charge in [0.2, 0.25) is 0 Å². The van der Waals surface area contributed by atoms with Gasteiger partial charge in [0, 0.05) is 26.3 Å². The average molecular weight is 403 g/mol. The molecule has 27 heavy (non-hydrogen) atoms. The lowest BCUT2D eigenvalue weighted by atomic mass is 10.2. The van der Waals surface area contributed by atoms with Crippen molar-refractivity contribution >= 4 is 51.7 Å². The van der Waals surface area contributed by atoms with Crippen LogP contribution in [0.5, 0.6) is 0 Å².